The third kappa shape index (κ3) is 4.00. The van der Waals surface area contributed by atoms with Gasteiger partial charge in [0, 0.05) is 13.1 Å². The summed E-state index contributed by atoms with van der Waals surface area (Å²) < 4.78 is 5.29. The van der Waals surface area contributed by atoms with Crippen LogP contribution in [0.3, 0.4) is 0 Å². The van der Waals surface area contributed by atoms with Crippen molar-refractivity contribution in [3.63, 3.8) is 0 Å². The van der Waals surface area contributed by atoms with Crippen molar-refractivity contribution in [3.8, 4) is 0 Å². The maximum absolute atomic E-state index is 11.8. The van der Waals surface area contributed by atoms with Gasteiger partial charge in [-0.2, -0.15) is 0 Å². The molecule has 1 saturated carbocycles. The lowest BCUT2D eigenvalue weighted by Crippen LogP contribution is -2.43. The summed E-state index contributed by atoms with van der Waals surface area (Å²) in [5, 5.41) is 9.56. The van der Waals surface area contributed by atoms with E-state index in [0.717, 1.165) is 19.3 Å². The highest BCUT2D eigenvalue weighted by atomic mass is 16.6. The van der Waals surface area contributed by atoms with E-state index in [-0.39, 0.29) is 18.2 Å². The summed E-state index contributed by atoms with van der Waals surface area (Å²) in [4.78, 5) is 13.4. The van der Waals surface area contributed by atoms with Crippen LogP contribution in [0.2, 0.25) is 0 Å². The summed E-state index contributed by atoms with van der Waals surface area (Å²) in [6.45, 7) is 5.57. The number of nitrogens with zero attached hydrogens (tertiary/aromatic N) is 1. The molecule has 1 aliphatic carbocycles. The minimum atomic E-state index is -0.460. The molecule has 0 aliphatic heterocycles. The van der Waals surface area contributed by atoms with E-state index in [9.17, 15) is 9.90 Å². The number of aliphatic hydroxyl groups excluding tert-OH is 1. The van der Waals surface area contributed by atoms with Crippen molar-refractivity contribution < 1.29 is 14.6 Å². The Morgan fingerprint density at radius 1 is 1.38 bits per heavy atom. The topological polar surface area (TPSA) is 49.8 Å². The summed E-state index contributed by atoms with van der Waals surface area (Å²) in [6, 6.07) is 0.110. The van der Waals surface area contributed by atoms with Crippen LogP contribution >= 0.6 is 0 Å². The van der Waals surface area contributed by atoms with Crippen LogP contribution in [0.1, 0.15) is 46.5 Å². The Kier molecular flexibility index (Phi) is 4.19. The van der Waals surface area contributed by atoms with Gasteiger partial charge in [-0.1, -0.05) is 0 Å². The number of rotatable bonds is 1. The van der Waals surface area contributed by atoms with Crippen molar-refractivity contribution in [3.05, 3.63) is 0 Å². The summed E-state index contributed by atoms with van der Waals surface area (Å²) in [5.41, 5.74) is -0.460. The Morgan fingerprint density at radius 2 is 2.00 bits per heavy atom. The number of ether oxygens (including phenoxy) is 1. The molecule has 4 heteroatoms. The number of amides is 1. The third-order valence-electron chi connectivity index (χ3n) is 2.85. The fourth-order valence-electron chi connectivity index (χ4n) is 1.97. The van der Waals surface area contributed by atoms with Crippen molar-refractivity contribution in [2.24, 2.45) is 0 Å². The molecule has 0 unspecified atom stereocenters. The maximum Gasteiger partial charge on any atom is 0.410 e. The van der Waals surface area contributed by atoms with Crippen LogP contribution in [0.15, 0.2) is 0 Å². The second-order valence-electron chi connectivity index (χ2n) is 5.57. The molecule has 1 fully saturated rings. The van der Waals surface area contributed by atoms with Gasteiger partial charge in [-0.15, -0.1) is 0 Å². The summed E-state index contributed by atoms with van der Waals surface area (Å²) >= 11 is 0. The normalized spacial score (nSPS) is 26.3. The van der Waals surface area contributed by atoms with Gasteiger partial charge >= 0.3 is 6.09 Å². The number of hydrogen-bond donors (Lipinski definition) is 1. The lowest BCUT2D eigenvalue weighted by Gasteiger charge is -2.34. The first-order valence-electron chi connectivity index (χ1n) is 5.93. The fourth-order valence-corrected chi connectivity index (χ4v) is 1.97. The highest BCUT2D eigenvalue weighted by Crippen LogP contribution is 2.23. The molecule has 0 aromatic heterocycles. The molecular weight excluding hydrogens is 206 g/mol. The van der Waals surface area contributed by atoms with Gasteiger partial charge in [-0.05, 0) is 46.5 Å². The number of hydrogen-bond acceptors (Lipinski definition) is 3. The summed E-state index contributed by atoms with van der Waals surface area (Å²) in [5.74, 6) is 0. The molecule has 0 heterocycles. The molecular formula is C12H23NO3. The predicted octanol–water partition coefficient (Wildman–Crippen LogP) is 2.16. The van der Waals surface area contributed by atoms with Crippen LogP contribution in [-0.4, -0.2) is 40.9 Å². The molecule has 0 radical (unpaired) electrons. The highest BCUT2D eigenvalue weighted by molar-refractivity contribution is 5.68. The van der Waals surface area contributed by atoms with Crippen LogP contribution < -0.4 is 0 Å². The van der Waals surface area contributed by atoms with Gasteiger partial charge in [-0.25, -0.2) is 4.79 Å². The van der Waals surface area contributed by atoms with Crippen LogP contribution in [0.4, 0.5) is 4.79 Å². The van der Waals surface area contributed by atoms with E-state index in [1.807, 2.05) is 20.8 Å². The van der Waals surface area contributed by atoms with Gasteiger partial charge in [0.1, 0.15) is 5.60 Å². The molecule has 0 bridgehead atoms. The molecule has 0 spiro atoms. The molecule has 94 valence electrons. The third-order valence-corrected chi connectivity index (χ3v) is 2.85. The first kappa shape index (κ1) is 13.3. The van der Waals surface area contributed by atoms with E-state index in [0.29, 0.717) is 6.42 Å². The lowest BCUT2D eigenvalue weighted by molar-refractivity contribution is 0.00945. The number of carbonyl (C=O) groups excluding carboxylic acids is 1. The van der Waals surface area contributed by atoms with Crippen LogP contribution in [0.25, 0.3) is 0 Å². The molecule has 0 aromatic rings. The van der Waals surface area contributed by atoms with Crippen molar-refractivity contribution in [2.45, 2.75) is 64.2 Å². The number of aliphatic hydroxyl groups is 1. The van der Waals surface area contributed by atoms with Crippen LogP contribution in [0, 0.1) is 0 Å². The van der Waals surface area contributed by atoms with E-state index in [1.54, 1.807) is 11.9 Å². The number of carbonyl (C=O) groups is 1. The fraction of sp³-hybridized carbons (Fsp3) is 0.917. The molecule has 0 saturated heterocycles. The van der Waals surface area contributed by atoms with Crippen LogP contribution in [-0.2, 0) is 4.74 Å². The minimum absolute atomic E-state index is 0.110. The lowest BCUT2D eigenvalue weighted by atomic mass is 9.92. The Hall–Kier alpha value is -0.770. The zero-order valence-electron chi connectivity index (χ0n) is 10.7. The molecule has 16 heavy (non-hydrogen) atoms. The molecule has 4 nitrogen and oxygen atoms in total. The zero-order chi connectivity index (χ0) is 12.3. The van der Waals surface area contributed by atoms with Gasteiger partial charge < -0.3 is 14.7 Å². The molecule has 1 amide bonds. The average Bonchev–Trinajstić information content (AvgIpc) is 2.14. The highest BCUT2D eigenvalue weighted by Gasteiger charge is 2.29. The second kappa shape index (κ2) is 5.04. The first-order valence-corrected chi connectivity index (χ1v) is 5.93. The van der Waals surface area contributed by atoms with Gasteiger partial charge in [0.15, 0.2) is 0 Å². The average molecular weight is 229 g/mol. The first-order chi connectivity index (χ1) is 7.29. The van der Waals surface area contributed by atoms with Gasteiger partial charge in [0.25, 0.3) is 0 Å². The molecule has 1 N–H and O–H groups in total. The monoisotopic (exact) mass is 229 g/mol. The summed E-state index contributed by atoms with van der Waals surface area (Å²) in [6.07, 6.45) is 2.86. The van der Waals surface area contributed by atoms with E-state index >= 15 is 0 Å². The van der Waals surface area contributed by atoms with Gasteiger partial charge in [0.2, 0.25) is 0 Å². The quantitative estimate of drug-likeness (QED) is 0.749. The van der Waals surface area contributed by atoms with Crippen molar-refractivity contribution >= 4 is 6.09 Å². The van der Waals surface area contributed by atoms with E-state index in [2.05, 4.69) is 0 Å². The van der Waals surface area contributed by atoms with E-state index in [4.69, 9.17) is 4.74 Å². The smallest absolute Gasteiger partial charge is 0.410 e. The Bertz CT molecular complexity index is 247. The standard InChI is InChI=1S/C12H23NO3/c1-12(2,3)16-11(15)13(4)9-6-5-7-10(14)8-9/h9-10,14H,5-8H2,1-4H3/t9-,10+/m0/s1. The maximum atomic E-state index is 11.8. The minimum Gasteiger partial charge on any atom is -0.444 e. The predicted molar refractivity (Wildman–Crippen MR) is 62.3 cm³/mol. The summed E-state index contributed by atoms with van der Waals surface area (Å²) in [7, 11) is 1.75. The SMILES string of the molecule is CN(C(=O)OC(C)(C)C)[C@H]1CCC[C@@H](O)C1. The second-order valence-corrected chi connectivity index (χ2v) is 5.57. The Balaban J connectivity index is 2.49. The van der Waals surface area contributed by atoms with Crippen molar-refractivity contribution in [2.75, 3.05) is 7.05 Å². The molecule has 2 atom stereocenters. The van der Waals surface area contributed by atoms with Crippen molar-refractivity contribution in [1.29, 1.82) is 0 Å². The van der Waals surface area contributed by atoms with E-state index < -0.39 is 5.60 Å². The molecule has 0 aromatic carbocycles. The van der Waals surface area contributed by atoms with E-state index in [1.165, 1.54) is 0 Å². The van der Waals surface area contributed by atoms with Crippen LogP contribution in [0.5, 0.6) is 0 Å². The Morgan fingerprint density at radius 3 is 2.50 bits per heavy atom. The van der Waals surface area contributed by atoms with Crippen molar-refractivity contribution in [1.82, 2.24) is 4.90 Å². The van der Waals surface area contributed by atoms with Gasteiger partial charge in [0.05, 0.1) is 6.10 Å². The largest absolute Gasteiger partial charge is 0.444 e. The molecule has 1 rings (SSSR count). The van der Waals surface area contributed by atoms with Gasteiger partial charge in [-0.3, -0.25) is 0 Å². The Labute approximate surface area is 97.6 Å². The molecule has 1 aliphatic rings. The zero-order valence-corrected chi connectivity index (χ0v) is 10.7.